The first-order valence-corrected chi connectivity index (χ1v) is 6.27. The van der Waals surface area contributed by atoms with E-state index in [-0.39, 0.29) is 11.6 Å². The van der Waals surface area contributed by atoms with Crippen molar-refractivity contribution in [3.63, 3.8) is 0 Å². The van der Waals surface area contributed by atoms with Crippen LogP contribution in [0.15, 0.2) is 34.8 Å². The Balaban J connectivity index is 2.28. The average Bonchev–Trinajstić information content (AvgIpc) is 2.39. The van der Waals surface area contributed by atoms with Crippen LogP contribution in [-0.4, -0.2) is 28.8 Å². The van der Waals surface area contributed by atoms with Crippen molar-refractivity contribution in [1.82, 2.24) is 4.90 Å². The molecule has 0 unspecified atom stereocenters. The molecule has 0 aliphatic carbocycles. The van der Waals surface area contributed by atoms with Gasteiger partial charge in [-0.05, 0) is 34.5 Å². The van der Waals surface area contributed by atoms with Crippen molar-refractivity contribution in [1.29, 1.82) is 0 Å². The van der Waals surface area contributed by atoms with E-state index in [0.717, 1.165) is 6.42 Å². The summed E-state index contributed by atoms with van der Waals surface area (Å²) in [6.45, 7) is 1.21. The first kappa shape index (κ1) is 12.8. The van der Waals surface area contributed by atoms with Gasteiger partial charge in [-0.15, -0.1) is 0 Å². The fourth-order valence-electron chi connectivity index (χ4n) is 1.79. The highest BCUT2D eigenvalue weighted by atomic mass is 79.9. The van der Waals surface area contributed by atoms with Gasteiger partial charge in [0.1, 0.15) is 0 Å². The number of rotatable bonds is 2. The van der Waals surface area contributed by atoms with Crippen molar-refractivity contribution in [2.45, 2.75) is 6.42 Å². The number of halogens is 1. The summed E-state index contributed by atoms with van der Waals surface area (Å²) >= 11 is 3.10. The zero-order valence-corrected chi connectivity index (χ0v) is 11.1. The standard InChI is InChI=1S/C12H11BrN2O3/c13-10-5-4-9(8-11(10)15(17)18)12(16)14-6-2-1-3-7-14/h1-2,4-5,8H,3,6-7H2. The van der Waals surface area contributed by atoms with Crippen LogP contribution in [0.2, 0.25) is 0 Å². The third kappa shape index (κ3) is 2.59. The minimum atomic E-state index is -0.503. The summed E-state index contributed by atoms with van der Waals surface area (Å²) in [4.78, 5) is 24.1. The van der Waals surface area contributed by atoms with Gasteiger partial charge in [0.15, 0.2) is 0 Å². The molecule has 5 nitrogen and oxygen atoms in total. The van der Waals surface area contributed by atoms with Gasteiger partial charge in [-0.2, -0.15) is 0 Å². The van der Waals surface area contributed by atoms with Crippen LogP contribution in [0.1, 0.15) is 16.8 Å². The van der Waals surface area contributed by atoms with Crippen molar-refractivity contribution in [2.75, 3.05) is 13.1 Å². The number of nitro benzene ring substituents is 1. The van der Waals surface area contributed by atoms with Crippen molar-refractivity contribution < 1.29 is 9.72 Å². The summed E-state index contributed by atoms with van der Waals surface area (Å²) in [6.07, 6.45) is 4.77. The van der Waals surface area contributed by atoms with Gasteiger partial charge < -0.3 is 4.90 Å². The molecule has 94 valence electrons. The van der Waals surface area contributed by atoms with Gasteiger partial charge in [0.25, 0.3) is 11.6 Å². The van der Waals surface area contributed by atoms with E-state index in [1.165, 1.54) is 12.1 Å². The van der Waals surface area contributed by atoms with Crippen LogP contribution in [0.3, 0.4) is 0 Å². The van der Waals surface area contributed by atoms with E-state index in [1.807, 2.05) is 12.2 Å². The van der Waals surface area contributed by atoms with Crippen molar-refractivity contribution in [3.8, 4) is 0 Å². The molecule has 1 aliphatic rings. The highest BCUT2D eigenvalue weighted by Gasteiger charge is 2.20. The van der Waals surface area contributed by atoms with Crippen molar-refractivity contribution >= 4 is 27.5 Å². The first-order valence-electron chi connectivity index (χ1n) is 5.48. The Labute approximate surface area is 112 Å². The molecule has 0 radical (unpaired) electrons. The second-order valence-electron chi connectivity index (χ2n) is 3.93. The Bertz CT molecular complexity index is 528. The van der Waals surface area contributed by atoms with Crippen LogP contribution in [0.5, 0.6) is 0 Å². The number of hydrogen-bond acceptors (Lipinski definition) is 3. The molecule has 0 saturated carbocycles. The SMILES string of the molecule is O=C(c1ccc(Br)c([N+](=O)[O-])c1)N1CC=CCC1. The lowest BCUT2D eigenvalue weighted by Gasteiger charge is -2.23. The molecule has 0 saturated heterocycles. The Kier molecular flexibility index (Phi) is 3.76. The van der Waals surface area contributed by atoms with Gasteiger partial charge in [-0.3, -0.25) is 14.9 Å². The summed E-state index contributed by atoms with van der Waals surface area (Å²) in [5.41, 5.74) is 0.258. The number of carbonyl (C=O) groups is 1. The van der Waals surface area contributed by atoms with Crippen LogP contribution >= 0.6 is 15.9 Å². The maximum Gasteiger partial charge on any atom is 0.284 e. The Morgan fingerprint density at radius 1 is 1.39 bits per heavy atom. The highest BCUT2D eigenvalue weighted by molar-refractivity contribution is 9.10. The number of benzene rings is 1. The molecule has 1 amide bonds. The molecule has 1 aromatic rings. The lowest BCUT2D eigenvalue weighted by Crippen LogP contribution is -2.33. The number of carbonyl (C=O) groups excluding carboxylic acids is 1. The number of nitro groups is 1. The molecular weight excluding hydrogens is 300 g/mol. The van der Waals surface area contributed by atoms with Crippen LogP contribution < -0.4 is 0 Å². The van der Waals surface area contributed by atoms with E-state index in [0.29, 0.717) is 23.1 Å². The molecule has 1 heterocycles. The summed E-state index contributed by atoms with van der Waals surface area (Å²) < 4.78 is 0.377. The quantitative estimate of drug-likeness (QED) is 0.479. The molecule has 0 spiro atoms. The van der Waals surface area contributed by atoms with Gasteiger partial charge in [-0.25, -0.2) is 0 Å². The first-order chi connectivity index (χ1) is 8.59. The zero-order valence-electron chi connectivity index (χ0n) is 9.51. The minimum Gasteiger partial charge on any atom is -0.335 e. The van der Waals surface area contributed by atoms with Crippen molar-refractivity contribution in [3.05, 3.63) is 50.5 Å². The molecular formula is C12H11BrN2O3. The lowest BCUT2D eigenvalue weighted by atomic mass is 10.1. The van der Waals surface area contributed by atoms with Crippen LogP contribution in [0, 0.1) is 10.1 Å². The van der Waals surface area contributed by atoms with Crippen LogP contribution in [-0.2, 0) is 0 Å². The molecule has 0 bridgehead atoms. The van der Waals surface area contributed by atoms with Gasteiger partial charge in [0.2, 0.25) is 0 Å². The second kappa shape index (κ2) is 5.30. The van der Waals surface area contributed by atoms with Crippen molar-refractivity contribution in [2.24, 2.45) is 0 Å². The average molecular weight is 311 g/mol. The molecule has 0 fully saturated rings. The summed E-state index contributed by atoms with van der Waals surface area (Å²) in [7, 11) is 0. The zero-order chi connectivity index (χ0) is 13.1. The Morgan fingerprint density at radius 2 is 2.17 bits per heavy atom. The molecule has 0 aromatic heterocycles. The predicted molar refractivity (Wildman–Crippen MR) is 70.5 cm³/mol. The van der Waals surface area contributed by atoms with E-state index in [9.17, 15) is 14.9 Å². The number of amides is 1. The molecule has 2 rings (SSSR count). The van der Waals surface area contributed by atoms with E-state index in [1.54, 1.807) is 11.0 Å². The summed E-state index contributed by atoms with van der Waals surface area (Å²) in [5.74, 6) is -0.171. The highest BCUT2D eigenvalue weighted by Crippen LogP contribution is 2.26. The molecule has 0 N–H and O–H groups in total. The number of nitrogens with zero attached hydrogens (tertiary/aromatic N) is 2. The fraction of sp³-hybridized carbons (Fsp3) is 0.250. The largest absolute Gasteiger partial charge is 0.335 e. The third-order valence-corrected chi connectivity index (χ3v) is 3.41. The fourth-order valence-corrected chi connectivity index (χ4v) is 2.19. The summed E-state index contributed by atoms with van der Waals surface area (Å²) in [6, 6.07) is 4.44. The van der Waals surface area contributed by atoms with Gasteiger partial charge in [-0.1, -0.05) is 12.2 Å². The molecule has 1 aliphatic heterocycles. The second-order valence-corrected chi connectivity index (χ2v) is 4.79. The minimum absolute atomic E-state index is 0.0894. The van der Waals surface area contributed by atoms with Crippen LogP contribution in [0.4, 0.5) is 5.69 Å². The van der Waals surface area contributed by atoms with Gasteiger partial charge in [0, 0.05) is 24.7 Å². The Hall–Kier alpha value is -1.69. The van der Waals surface area contributed by atoms with E-state index in [4.69, 9.17) is 0 Å². The predicted octanol–water partition coefficient (Wildman–Crippen LogP) is 2.76. The molecule has 0 atom stereocenters. The monoisotopic (exact) mass is 310 g/mol. The lowest BCUT2D eigenvalue weighted by molar-refractivity contribution is -0.385. The summed E-state index contributed by atoms with van der Waals surface area (Å²) in [5, 5.41) is 10.8. The molecule has 6 heteroatoms. The number of hydrogen-bond donors (Lipinski definition) is 0. The maximum absolute atomic E-state index is 12.1. The normalized spacial score (nSPS) is 14.6. The Morgan fingerprint density at radius 3 is 2.78 bits per heavy atom. The van der Waals surface area contributed by atoms with Crippen LogP contribution in [0.25, 0.3) is 0 Å². The topological polar surface area (TPSA) is 63.4 Å². The smallest absolute Gasteiger partial charge is 0.284 e. The third-order valence-electron chi connectivity index (χ3n) is 2.74. The molecule has 18 heavy (non-hydrogen) atoms. The molecule has 1 aromatic carbocycles. The van der Waals surface area contributed by atoms with E-state index in [2.05, 4.69) is 15.9 Å². The van der Waals surface area contributed by atoms with E-state index < -0.39 is 4.92 Å². The van der Waals surface area contributed by atoms with Gasteiger partial charge >= 0.3 is 0 Å². The maximum atomic E-state index is 12.1. The van der Waals surface area contributed by atoms with E-state index >= 15 is 0 Å². The van der Waals surface area contributed by atoms with Gasteiger partial charge in [0.05, 0.1) is 9.40 Å².